The van der Waals surface area contributed by atoms with Gasteiger partial charge in [-0.25, -0.2) is 4.98 Å². The molecule has 2 heterocycles. The highest BCUT2D eigenvalue weighted by Crippen LogP contribution is 2.18. The third kappa shape index (κ3) is 3.22. The van der Waals surface area contributed by atoms with Gasteiger partial charge in [0.15, 0.2) is 5.13 Å². The number of hydrogen-bond acceptors (Lipinski definition) is 5. The molecule has 0 aliphatic carbocycles. The SMILES string of the molecule is C#CCNCC(=O)N1CCN(c2nccs2)CC1. The number of aromatic nitrogens is 1. The minimum Gasteiger partial charge on any atom is -0.345 e. The van der Waals surface area contributed by atoms with Gasteiger partial charge in [-0.2, -0.15) is 0 Å². The third-order valence-electron chi connectivity index (χ3n) is 2.83. The first-order valence-corrected chi connectivity index (χ1v) is 6.75. The van der Waals surface area contributed by atoms with E-state index in [2.05, 4.69) is 21.1 Å². The Hall–Kier alpha value is -1.58. The lowest BCUT2D eigenvalue weighted by Gasteiger charge is -2.34. The largest absolute Gasteiger partial charge is 0.345 e. The number of carbonyl (C=O) groups excluding carboxylic acids is 1. The molecule has 1 aromatic heterocycles. The predicted octanol–water partition coefficient (Wildman–Crippen LogP) is 0.0145. The molecule has 6 heteroatoms. The first-order valence-electron chi connectivity index (χ1n) is 5.87. The highest BCUT2D eigenvalue weighted by atomic mass is 32.1. The minimum atomic E-state index is 0.115. The molecule has 1 fully saturated rings. The minimum absolute atomic E-state index is 0.115. The van der Waals surface area contributed by atoms with E-state index in [0.29, 0.717) is 13.1 Å². The number of nitrogens with one attached hydrogen (secondary N) is 1. The van der Waals surface area contributed by atoms with E-state index in [4.69, 9.17) is 6.42 Å². The quantitative estimate of drug-likeness (QED) is 0.615. The second-order valence-electron chi connectivity index (χ2n) is 3.99. The fourth-order valence-corrected chi connectivity index (χ4v) is 2.57. The first kappa shape index (κ1) is 12.9. The van der Waals surface area contributed by atoms with Gasteiger partial charge in [0.2, 0.25) is 5.91 Å². The van der Waals surface area contributed by atoms with E-state index in [1.807, 2.05) is 10.3 Å². The number of piperazine rings is 1. The average molecular weight is 264 g/mol. The molecule has 1 aliphatic rings. The van der Waals surface area contributed by atoms with Gasteiger partial charge in [0, 0.05) is 37.8 Å². The Bertz CT molecular complexity index is 418. The van der Waals surface area contributed by atoms with Crippen LogP contribution in [0.3, 0.4) is 0 Å². The van der Waals surface area contributed by atoms with Crippen LogP contribution in [0, 0.1) is 12.3 Å². The second-order valence-corrected chi connectivity index (χ2v) is 4.86. The van der Waals surface area contributed by atoms with Crippen LogP contribution in [0.15, 0.2) is 11.6 Å². The van der Waals surface area contributed by atoms with Crippen LogP contribution in [-0.4, -0.2) is 55.1 Å². The van der Waals surface area contributed by atoms with Crippen molar-refractivity contribution in [2.75, 3.05) is 44.2 Å². The molecule has 0 radical (unpaired) electrons. The Labute approximate surface area is 111 Å². The van der Waals surface area contributed by atoms with Gasteiger partial charge in [-0.05, 0) is 0 Å². The van der Waals surface area contributed by atoms with Crippen LogP contribution in [0.1, 0.15) is 0 Å². The average Bonchev–Trinajstić information content (AvgIpc) is 2.93. The van der Waals surface area contributed by atoms with Gasteiger partial charge < -0.3 is 9.80 Å². The summed E-state index contributed by atoms with van der Waals surface area (Å²) in [4.78, 5) is 20.2. The van der Waals surface area contributed by atoms with Gasteiger partial charge >= 0.3 is 0 Å². The maximum Gasteiger partial charge on any atom is 0.236 e. The summed E-state index contributed by atoms with van der Waals surface area (Å²) in [5.41, 5.74) is 0. The molecule has 96 valence electrons. The molecule has 0 bridgehead atoms. The number of amides is 1. The fourth-order valence-electron chi connectivity index (χ4n) is 1.87. The second kappa shape index (κ2) is 6.38. The number of hydrogen-bond donors (Lipinski definition) is 1. The van der Waals surface area contributed by atoms with Crippen molar-refractivity contribution in [2.45, 2.75) is 0 Å². The fraction of sp³-hybridized carbons (Fsp3) is 0.500. The molecule has 0 unspecified atom stereocenters. The molecular weight excluding hydrogens is 248 g/mol. The standard InChI is InChI=1S/C12H16N4OS/c1-2-3-13-10-11(17)15-5-7-16(8-6-15)12-14-4-9-18-12/h1,4,9,13H,3,5-8,10H2. The molecule has 5 nitrogen and oxygen atoms in total. The van der Waals surface area contributed by atoms with E-state index in [0.717, 1.165) is 31.3 Å². The van der Waals surface area contributed by atoms with Crippen LogP contribution in [0.5, 0.6) is 0 Å². The van der Waals surface area contributed by atoms with Gasteiger partial charge in [-0.1, -0.05) is 5.92 Å². The van der Waals surface area contributed by atoms with Crippen molar-refractivity contribution < 1.29 is 4.79 Å². The number of terminal acetylenes is 1. The van der Waals surface area contributed by atoms with Crippen molar-refractivity contribution in [1.29, 1.82) is 0 Å². The highest BCUT2D eigenvalue weighted by molar-refractivity contribution is 7.13. The van der Waals surface area contributed by atoms with Gasteiger partial charge in [0.25, 0.3) is 0 Å². The van der Waals surface area contributed by atoms with Crippen molar-refractivity contribution in [1.82, 2.24) is 15.2 Å². The van der Waals surface area contributed by atoms with E-state index in [-0.39, 0.29) is 5.91 Å². The summed E-state index contributed by atoms with van der Waals surface area (Å²) in [6.45, 7) is 3.93. The smallest absolute Gasteiger partial charge is 0.236 e. The predicted molar refractivity (Wildman–Crippen MR) is 72.6 cm³/mol. The Morgan fingerprint density at radius 3 is 2.89 bits per heavy atom. The number of thiazole rings is 1. The van der Waals surface area contributed by atoms with Crippen LogP contribution < -0.4 is 10.2 Å². The summed E-state index contributed by atoms with van der Waals surface area (Å²) in [5, 5.41) is 5.92. The van der Waals surface area contributed by atoms with Crippen LogP contribution in [0.4, 0.5) is 5.13 Å². The summed E-state index contributed by atoms with van der Waals surface area (Å²) >= 11 is 1.63. The highest BCUT2D eigenvalue weighted by Gasteiger charge is 2.21. The zero-order valence-electron chi connectivity index (χ0n) is 10.1. The molecule has 1 N–H and O–H groups in total. The van der Waals surface area contributed by atoms with Gasteiger partial charge in [0.1, 0.15) is 0 Å². The Morgan fingerprint density at radius 2 is 2.28 bits per heavy atom. The molecule has 1 aliphatic heterocycles. The lowest BCUT2D eigenvalue weighted by atomic mass is 10.3. The molecule has 0 aromatic carbocycles. The summed E-state index contributed by atoms with van der Waals surface area (Å²) < 4.78 is 0. The van der Waals surface area contributed by atoms with Crippen LogP contribution >= 0.6 is 11.3 Å². The van der Waals surface area contributed by atoms with Crippen molar-refractivity contribution >= 4 is 22.4 Å². The van der Waals surface area contributed by atoms with Gasteiger partial charge in [0.05, 0.1) is 13.1 Å². The van der Waals surface area contributed by atoms with Crippen molar-refractivity contribution in [3.05, 3.63) is 11.6 Å². The molecular formula is C12H16N4OS. The number of carbonyl (C=O) groups is 1. The van der Waals surface area contributed by atoms with Crippen LogP contribution in [0.25, 0.3) is 0 Å². The Balaban J connectivity index is 1.76. The zero-order chi connectivity index (χ0) is 12.8. The summed E-state index contributed by atoms with van der Waals surface area (Å²) in [5.74, 6) is 2.57. The van der Waals surface area contributed by atoms with Crippen LogP contribution in [-0.2, 0) is 4.79 Å². The van der Waals surface area contributed by atoms with E-state index in [1.54, 1.807) is 17.5 Å². The third-order valence-corrected chi connectivity index (χ3v) is 3.66. The van der Waals surface area contributed by atoms with Crippen molar-refractivity contribution in [3.63, 3.8) is 0 Å². The lowest BCUT2D eigenvalue weighted by molar-refractivity contribution is -0.130. The number of rotatable bonds is 4. The Morgan fingerprint density at radius 1 is 1.50 bits per heavy atom. The van der Waals surface area contributed by atoms with E-state index in [9.17, 15) is 4.79 Å². The molecule has 1 amide bonds. The van der Waals surface area contributed by atoms with Crippen molar-refractivity contribution in [3.8, 4) is 12.3 Å². The number of nitrogens with zero attached hydrogens (tertiary/aromatic N) is 3. The zero-order valence-corrected chi connectivity index (χ0v) is 10.9. The monoisotopic (exact) mass is 264 g/mol. The molecule has 1 aromatic rings. The lowest BCUT2D eigenvalue weighted by Crippen LogP contribution is -2.50. The molecule has 1 saturated heterocycles. The molecule has 0 spiro atoms. The molecule has 2 rings (SSSR count). The summed E-state index contributed by atoms with van der Waals surface area (Å²) in [6, 6.07) is 0. The van der Waals surface area contributed by atoms with Crippen molar-refractivity contribution in [2.24, 2.45) is 0 Å². The maximum absolute atomic E-state index is 11.8. The number of anilines is 1. The van der Waals surface area contributed by atoms with Crippen LogP contribution in [0.2, 0.25) is 0 Å². The topological polar surface area (TPSA) is 48.5 Å². The van der Waals surface area contributed by atoms with E-state index < -0.39 is 0 Å². The maximum atomic E-state index is 11.8. The Kier molecular flexibility index (Phi) is 4.56. The van der Waals surface area contributed by atoms with E-state index >= 15 is 0 Å². The van der Waals surface area contributed by atoms with Gasteiger partial charge in [-0.15, -0.1) is 17.8 Å². The summed E-state index contributed by atoms with van der Waals surface area (Å²) in [7, 11) is 0. The first-order chi connectivity index (χ1) is 8.81. The normalized spacial score (nSPS) is 15.5. The van der Waals surface area contributed by atoms with Gasteiger partial charge in [-0.3, -0.25) is 10.1 Å². The summed E-state index contributed by atoms with van der Waals surface area (Å²) in [6.07, 6.45) is 6.92. The molecule has 0 atom stereocenters. The molecule has 18 heavy (non-hydrogen) atoms. The molecule has 0 saturated carbocycles. The van der Waals surface area contributed by atoms with E-state index in [1.165, 1.54) is 0 Å².